The van der Waals surface area contributed by atoms with E-state index in [0.29, 0.717) is 6.04 Å². The molecular formula is C14H30N2O. The molecule has 1 unspecified atom stereocenters. The van der Waals surface area contributed by atoms with Gasteiger partial charge in [-0.15, -0.1) is 0 Å². The molecule has 0 aromatic carbocycles. The molecule has 0 spiro atoms. The second-order valence-corrected chi connectivity index (χ2v) is 6.59. The van der Waals surface area contributed by atoms with Crippen LogP contribution in [0.15, 0.2) is 0 Å². The van der Waals surface area contributed by atoms with E-state index in [0.717, 1.165) is 18.9 Å². The van der Waals surface area contributed by atoms with E-state index in [1.807, 2.05) is 0 Å². The average Bonchev–Trinajstić information content (AvgIpc) is 2.25. The fourth-order valence-electron chi connectivity index (χ4n) is 2.55. The predicted molar refractivity (Wildman–Crippen MR) is 73.2 cm³/mol. The van der Waals surface area contributed by atoms with Crippen molar-refractivity contribution in [2.75, 3.05) is 33.3 Å². The Morgan fingerprint density at radius 2 is 1.88 bits per heavy atom. The minimum atomic E-state index is 0.230. The van der Waals surface area contributed by atoms with Crippen molar-refractivity contribution >= 4 is 0 Å². The summed E-state index contributed by atoms with van der Waals surface area (Å²) in [5.74, 6) is 0.815. The molecule has 1 aliphatic rings. The predicted octanol–water partition coefficient (Wildman–Crippen LogP) is 1.71. The second kappa shape index (κ2) is 6.72. The third-order valence-corrected chi connectivity index (χ3v) is 3.95. The van der Waals surface area contributed by atoms with Gasteiger partial charge in [-0.2, -0.15) is 0 Å². The van der Waals surface area contributed by atoms with Crippen LogP contribution in [-0.2, 0) is 0 Å². The molecule has 0 amide bonds. The molecule has 17 heavy (non-hydrogen) atoms. The van der Waals surface area contributed by atoms with Crippen LogP contribution in [0.25, 0.3) is 0 Å². The zero-order valence-electron chi connectivity index (χ0n) is 12.0. The van der Waals surface area contributed by atoms with Gasteiger partial charge >= 0.3 is 0 Å². The maximum absolute atomic E-state index is 9.13. The number of hydrogen-bond donors (Lipinski definition) is 2. The molecular weight excluding hydrogens is 212 g/mol. The number of nitrogens with zero attached hydrogens (tertiary/aromatic N) is 1. The molecule has 1 atom stereocenters. The largest absolute Gasteiger partial charge is 0.396 e. The zero-order valence-corrected chi connectivity index (χ0v) is 12.0. The Labute approximate surface area is 107 Å². The first-order valence-corrected chi connectivity index (χ1v) is 6.96. The highest BCUT2D eigenvalue weighted by Crippen LogP contribution is 2.23. The van der Waals surface area contributed by atoms with Gasteiger partial charge in [0, 0.05) is 12.6 Å². The normalized spacial score (nSPS) is 21.7. The molecule has 1 aliphatic heterocycles. The van der Waals surface area contributed by atoms with Crippen LogP contribution in [0, 0.1) is 11.3 Å². The average molecular weight is 242 g/mol. The van der Waals surface area contributed by atoms with E-state index < -0.39 is 0 Å². The number of likely N-dealkylation sites (tertiary alicyclic amines) is 1. The minimum Gasteiger partial charge on any atom is -0.396 e. The fourth-order valence-corrected chi connectivity index (χ4v) is 2.55. The lowest BCUT2D eigenvalue weighted by atomic mass is 9.84. The third kappa shape index (κ3) is 5.36. The Kier molecular flexibility index (Phi) is 5.90. The van der Waals surface area contributed by atoms with E-state index in [1.54, 1.807) is 0 Å². The van der Waals surface area contributed by atoms with E-state index in [4.69, 9.17) is 5.11 Å². The SMILES string of the molecule is CN1CCC(CNC(CCO)C(C)(C)C)CC1. The van der Waals surface area contributed by atoms with Gasteiger partial charge in [-0.05, 0) is 57.3 Å². The Morgan fingerprint density at radius 1 is 1.29 bits per heavy atom. The van der Waals surface area contributed by atoms with Gasteiger partial charge in [0.25, 0.3) is 0 Å². The topological polar surface area (TPSA) is 35.5 Å². The molecule has 3 nitrogen and oxygen atoms in total. The maximum atomic E-state index is 9.13. The van der Waals surface area contributed by atoms with Crippen molar-refractivity contribution in [2.24, 2.45) is 11.3 Å². The summed E-state index contributed by atoms with van der Waals surface area (Å²) in [6.07, 6.45) is 3.47. The van der Waals surface area contributed by atoms with Crippen LogP contribution >= 0.6 is 0 Å². The van der Waals surface area contributed by atoms with E-state index in [1.165, 1.54) is 25.9 Å². The number of aliphatic hydroxyl groups excluding tert-OH is 1. The van der Waals surface area contributed by atoms with E-state index in [-0.39, 0.29) is 12.0 Å². The molecule has 0 aromatic rings. The summed E-state index contributed by atoms with van der Waals surface area (Å²) >= 11 is 0. The minimum absolute atomic E-state index is 0.230. The third-order valence-electron chi connectivity index (χ3n) is 3.95. The monoisotopic (exact) mass is 242 g/mol. The Hall–Kier alpha value is -0.120. The summed E-state index contributed by atoms with van der Waals surface area (Å²) in [7, 11) is 2.20. The van der Waals surface area contributed by atoms with Crippen LogP contribution in [-0.4, -0.2) is 49.3 Å². The summed E-state index contributed by atoms with van der Waals surface area (Å²) < 4.78 is 0. The molecule has 1 saturated heterocycles. The van der Waals surface area contributed by atoms with E-state index in [2.05, 4.69) is 38.0 Å². The molecule has 1 rings (SSSR count). The number of aliphatic hydroxyl groups is 1. The van der Waals surface area contributed by atoms with Gasteiger partial charge in [-0.3, -0.25) is 0 Å². The van der Waals surface area contributed by atoms with Crippen molar-refractivity contribution in [1.82, 2.24) is 10.2 Å². The lowest BCUT2D eigenvalue weighted by molar-refractivity contribution is 0.172. The summed E-state index contributed by atoms with van der Waals surface area (Å²) in [5.41, 5.74) is 0.230. The number of hydrogen-bond acceptors (Lipinski definition) is 3. The highest BCUT2D eigenvalue weighted by Gasteiger charge is 2.25. The van der Waals surface area contributed by atoms with E-state index >= 15 is 0 Å². The van der Waals surface area contributed by atoms with Crippen molar-refractivity contribution in [3.63, 3.8) is 0 Å². The van der Waals surface area contributed by atoms with Crippen LogP contribution in [0.4, 0.5) is 0 Å². The summed E-state index contributed by atoms with van der Waals surface area (Å²) in [6, 6.07) is 0.423. The van der Waals surface area contributed by atoms with Gasteiger partial charge in [0.15, 0.2) is 0 Å². The number of rotatable bonds is 5. The van der Waals surface area contributed by atoms with Gasteiger partial charge in [0.05, 0.1) is 0 Å². The number of nitrogens with one attached hydrogen (secondary N) is 1. The lowest BCUT2D eigenvalue weighted by Crippen LogP contribution is -2.44. The van der Waals surface area contributed by atoms with Crippen LogP contribution in [0.5, 0.6) is 0 Å². The molecule has 2 N–H and O–H groups in total. The second-order valence-electron chi connectivity index (χ2n) is 6.59. The highest BCUT2D eigenvalue weighted by molar-refractivity contribution is 4.82. The summed E-state index contributed by atoms with van der Waals surface area (Å²) in [5, 5.41) is 12.8. The van der Waals surface area contributed by atoms with Crippen LogP contribution in [0.3, 0.4) is 0 Å². The lowest BCUT2D eigenvalue weighted by Gasteiger charge is -2.35. The highest BCUT2D eigenvalue weighted by atomic mass is 16.3. The summed E-state index contributed by atoms with van der Waals surface area (Å²) in [4.78, 5) is 2.41. The zero-order chi connectivity index (χ0) is 12.9. The number of piperidine rings is 1. The molecule has 0 radical (unpaired) electrons. The Morgan fingerprint density at radius 3 is 2.35 bits per heavy atom. The molecule has 1 fully saturated rings. The van der Waals surface area contributed by atoms with Gasteiger partial charge in [-0.25, -0.2) is 0 Å². The van der Waals surface area contributed by atoms with Gasteiger partial charge < -0.3 is 15.3 Å². The summed E-state index contributed by atoms with van der Waals surface area (Å²) in [6.45, 7) is 10.6. The first kappa shape index (κ1) is 14.9. The van der Waals surface area contributed by atoms with Gasteiger partial charge in [0.2, 0.25) is 0 Å². The Bertz CT molecular complexity index is 205. The molecule has 102 valence electrons. The molecule has 1 heterocycles. The van der Waals surface area contributed by atoms with Crippen molar-refractivity contribution in [1.29, 1.82) is 0 Å². The standard InChI is InChI=1S/C14H30N2O/c1-14(2,3)13(7-10-17)15-11-12-5-8-16(4)9-6-12/h12-13,15,17H,5-11H2,1-4H3. The van der Waals surface area contributed by atoms with Crippen LogP contribution in [0.2, 0.25) is 0 Å². The van der Waals surface area contributed by atoms with Crippen molar-refractivity contribution in [2.45, 2.75) is 46.1 Å². The molecule has 0 saturated carbocycles. The van der Waals surface area contributed by atoms with Crippen molar-refractivity contribution < 1.29 is 5.11 Å². The van der Waals surface area contributed by atoms with Crippen LogP contribution < -0.4 is 5.32 Å². The van der Waals surface area contributed by atoms with E-state index in [9.17, 15) is 0 Å². The fraction of sp³-hybridized carbons (Fsp3) is 1.00. The Balaban J connectivity index is 2.31. The van der Waals surface area contributed by atoms with Crippen molar-refractivity contribution in [3.8, 4) is 0 Å². The van der Waals surface area contributed by atoms with Crippen molar-refractivity contribution in [3.05, 3.63) is 0 Å². The first-order valence-electron chi connectivity index (χ1n) is 6.96. The van der Waals surface area contributed by atoms with Gasteiger partial charge in [0.1, 0.15) is 0 Å². The molecule has 0 bridgehead atoms. The quantitative estimate of drug-likeness (QED) is 0.770. The molecule has 0 aliphatic carbocycles. The smallest absolute Gasteiger partial charge is 0.0446 e. The maximum Gasteiger partial charge on any atom is 0.0446 e. The van der Waals surface area contributed by atoms with Gasteiger partial charge in [-0.1, -0.05) is 20.8 Å². The van der Waals surface area contributed by atoms with Crippen LogP contribution in [0.1, 0.15) is 40.0 Å². The molecule has 0 aromatic heterocycles. The first-order chi connectivity index (χ1) is 7.93. The molecule has 3 heteroatoms.